The highest BCUT2D eigenvalue weighted by atomic mass is 16.5. The Balaban J connectivity index is 1.69. The average Bonchev–Trinajstić information content (AvgIpc) is 2.77. The second kappa shape index (κ2) is 8.42. The van der Waals surface area contributed by atoms with Crippen LogP contribution >= 0.6 is 0 Å². The van der Waals surface area contributed by atoms with Crippen LogP contribution in [0.1, 0.15) is 49.3 Å². The lowest BCUT2D eigenvalue weighted by Gasteiger charge is -2.52. The number of benzene rings is 2. The van der Waals surface area contributed by atoms with Gasteiger partial charge in [-0.2, -0.15) is 0 Å². The second-order valence-corrected chi connectivity index (χ2v) is 8.17. The average molecular weight is 392 g/mol. The first-order chi connectivity index (χ1) is 14.1. The molecule has 4 nitrogen and oxygen atoms in total. The minimum atomic E-state index is -0.705. The molecule has 2 aliphatic rings. The van der Waals surface area contributed by atoms with E-state index in [2.05, 4.69) is 0 Å². The first kappa shape index (κ1) is 19.7. The monoisotopic (exact) mass is 391 g/mol. The number of fused-ring (bicyclic) bond motifs is 1. The fourth-order valence-corrected chi connectivity index (χ4v) is 5.05. The molecule has 1 saturated heterocycles. The molecule has 4 heteroatoms. The Hall–Kier alpha value is -2.59. The molecule has 0 radical (unpaired) electrons. The Morgan fingerprint density at radius 1 is 1.10 bits per heavy atom. The van der Waals surface area contributed by atoms with E-state index >= 15 is 0 Å². The van der Waals surface area contributed by atoms with Gasteiger partial charge in [-0.05, 0) is 37.0 Å². The van der Waals surface area contributed by atoms with Gasteiger partial charge in [-0.3, -0.25) is 4.79 Å². The molecule has 1 saturated carbocycles. The molecule has 2 aromatic carbocycles. The van der Waals surface area contributed by atoms with Crippen molar-refractivity contribution in [3.63, 3.8) is 0 Å². The van der Waals surface area contributed by atoms with Gasteiger partial charge in [-0.1, -0.05) is 61.4 Å². The molecule has 2 fully saturated rings. The summed E-state index contributed by atoms with van der Waals surface area (Å²) in [6.45, 7) is 0.549. The van der Waals surface area contributed by atoms with Gasteiger partial charge in [0.25, 0.3) is 0 Å². The van der Waals surface area contributed by atoms with Crippen molar-refractivity contribution >= 4 is 12.0 Å². The van der Waals surface area contributed by atoms with Crippen LogP contribution in [0.25, 0.3) is 6.08 Å². The highest BCUT2D eigenvalue weighted by molar-refractivity contribution is 5.92. The van der Waals surface area contributed by atoms with Crippen molar-refractivity contribution in [2.75, 3.05) is 13.7 Å². The molecule has 0 spiro atoms. The third-order valence-corrected chi connectivity index (χ3v) is 6.53. The van der Waals surface area contributed by atoms with E-state index in [0.717, 1.165) is 42.6 Å². The smallest absolute Gasteiger partial charge is 0.247 e. The molecule has 152 valence electrons. The zero-order chi connectivity index (χ0) is 20.3. The summed E-state index contributed by atoms with van der Waals surface area (Å²) in [5, 5.41) is 11.4. The number of likely N-dealkylation sites (tertiary alicyclic amines) is 1. The van der Waals surface area contributed by atoms with Crippen molar-refractivity contribution in [3.8, 4) is 5.75 Å². The third-order valence-electron chi connectivity index (χ3n) is 6.53. The topological polar surface area (TPSA) is 49.8 Å². The summed E-state index contributed by atoms with van der Waals surface area (Å²) in [4.78, 5) is 15.2. The minimum absolute atomic E-state index is 0.0163. The number of carbonyl (C=O) groups excluding carboxylic acids is 1. The standard InChI is InChI=1S/C25H29NO3/c1-29-22-13-6-5-11-20(22)24-21-12-7-8-16-25(21,28)17-18-26(24)23(27)15-14-19-9-3-2-4-10-19/h2-6,9-11,13-15,21,24,28H,7-8,12,16-18H2,1H3/t21-,24-,25-/m0/s1. The normalized spacial score (nSPS) is 26.9. The molecule has 1 aliphatic heterocycles. The van der Waals surface area contributed by atoms with Crippen LogP contribution in [0.4, 0.5) is 0 Å². The summed E-state index contributed by atoms with van der Waals surface area (Å²) >= 11 is 0. The number of carbonyl (C=O) groups is 1. The maximum absolute atomic E-state index is 13.3. The summed E-state index contributed by atoms with van der Waals surface area (Å²) in [7, 11) is 1.66. The molecule has 3 atom stereocenters. The van der Waals surface area contributed by atoms with Gasteiger partial charge in [-0.15, -0.1) is 0 Å². The fourth-order valence-electron chi connectivity index (χ4n) is 5.05. The van der Waals surface area contributed by atoms with Gasteiger partial charge in [0, 0.05) is 24.1 Å². The van der Waals surface area contributed by atoms with Crippen LogP contribution < -0.4 is 4.74 Å². The molecule has 2 aromatic rings. The summed E-state index contributed by atoms with van der Waals surface area (Å²) in [6.07, 6.45) is 8.02. The first-order valence-electron chi connectivity index (χ1n) is 10.5. The zero-order valence-electron chi connectivity index (χ0n) is 17.0. The van der Waals surface area contributed by atoms with Gasteiger partial charge in [0.1, 0.15) is 5.75 Å². The van der Waals surface area contributed by atoms with Crippen LogP contribution in [0.3, 0.4) is 0 Å². The van der Waals surface area contributed by atoms with Gasteiger partial charge < -0.3 is 14.7 Å². The number of para-hydroxylation sites is 1. The number of piperidine rings is 1. The van der Waals surface area contributed by atoms with Crippen molar-refractivity contribution < 1.29 is 14.6 Å². The highest BCUT2D eigenvalue weighted by Gasteiger charge is 2.50. The van der Waals surface area contributed by atoms with Crippen LogP contribution in [0, 0.1) is 5.92 Å². The van der Waals surface area contributed by atoms with Crippen molar-refractivity contribution in [2.45, 2.75) is 43.7 Å². The van der Waals surface area contributed by atoms with Crippen molar-refractivity contribution in [2.24, 2.45) is 5.92 Å². The molecule has 0 bridgehead atoms. The predicted octanol–water partition coefficient (Wildman–Crippen LogP) is 4.60. The Labute approximate surface area is 172 Å². The van der Waals surface area contributed by atoms with Crippen LogP contribution in [0.15, 0.2) is 60.7 Å². The molecule has 0 aromatic heterocycles. The van der Waals surface area contributed by atoms with E-state index in [1.54, 1.807) is 13.2 Å². The summed E-state index contributed by atoms with van der Waals surface area (Å²) < 4.78 is 5.63. The molecular weight excluding hydrogens is 362 g/mol. The third kappa shape index (κ3) is 3.95. The number of methoxy groups -OCH3 is 1. The maximum atomic E-state index is 13.3. The molecule has 4 rings (SSSR count). The van der Waals surface area contributed by atoms with E-state index in [1.165, 1.54) is 0 Å². The number of rotatable bonds is 4. The molecule has 29 heavy (non-hydrogen) atoms. The lowest BCUT2D eigenvalue weighted by Crippen LogP contribution is -2.56. The van der Waals surface area contributed by atoms with Crippen molar-refractivity contribution in [1.82, 2.24) is 4.90 Å². The van der Waals surface area contributed by atoms with Crippen LogP contribution in [0.2, 0.25) is 0 Å². The Kier molecular flexibility index (Phi) is 5.72. The maximum Gasteiger partial charge on any atom is 0.247 e. The highest BCUT2D eigenvalue weighted by Crippen LogP contribution is 2.50. The quantitative estimate of drug-likeness (QED) is 0.775. The number of hydrogen-bond acceptors (Lipinski definition) is 3. The summed E-state index contributed by atoms with van der Waals surface area (Å²) in [6, 6.07) is 17.6. The fraction of sp³-hybridized carbons (Fsp3) is 0.400. The molecule has 0 unspecified atom stereocenters. The number of hydrogen-bond donors (Lipinski definition) is 1. The van der Waals surface area contributed by atoms with E-state index in [1.807, 2.05) is 65.6 Å². The molecule has 1 N–H and O–H groups in total. The van der Waals surface area contributed by atoms with Crippen molar-refractivity contribution in [1.29, 1.82) is 0 Å². The Bertz CT molecular complexity index is 879. The minimum Gasteiger partial charge on any atom is -0.496 e. The SMILES string of the molecule is COc1ccccc1[C@H]1[C@@H]2CCCC[C@]2(O)CCN1C(=O)C=Cc1ccccc1. The zero-order valence-corrected chi connectivity index (χ0v) is 17.0. The number of nitrogens with zero attached hydrogens (tertiary/aromatic N) is 1. The number of amides is 1. The summed E-state index contributed by atoms with van der Waals surface area (Å²) in [5.74, 6) is 0.782. The Morgan fingerprint density at radius 3 is 2.66 bits per heavy atom. The lowest BCUT2D eigenvalue weighted by molar-refractivity contribution is -0.151. The predicted molar refractivity (Wildman–Crippen MR) is 114 cm³/mol. The van der Waals surface area contributed by atoms with E-state index in [4.69, 9.17) is 4.74 Å². The Morgan fingerprint density at radius 2 is 1.86 bits per heavy atom. The van der Waals surface area contributed by atoms with Gasteiger partial charge >= 0.3 is 0 Å². The van der Waals surface area contributed by atoms with Crippen LogP contribution in [-0.4, -0.2) is 35.2 Å². The van der Waals surface area contributed by atoms with E-state index in [0.29, 0.717) is 13.0 Å². The van der Waals surface area contributed by atoms with Gasteiger partial charge in [0.15, 0.2) is 0 Å². The second-order valence-electron chi connectivity index (χ2n) is 8.17. The van der Waals surface area contributed by atoms with Gasteiger partial charge in [0.2, 0.25) is 5.91 Å². The van der Waals surface area contributed by atoms with E-state index < -0.39 is 5.60 Å². The van der Waals surface area contributed by atoms with E-state index in [9.17, 15) is 9.90 Å². The molecule has 1 aliphatic carbocycles. The molecule has 1 heterocycles. The molecular formula is C25H29NO3. The summed E-state index contributed by atoms with van der Waals surface area (Å²) in [5.41, 5.74) is 1.28. The largest absolute Gasteiger partial charge is 0.496 e. The van der Waals surface area contributed by atoms with Crippen LogP contribution in [0.5, 0.6) is 5.75 Å². The molecule has 1 amide bonds. The number of ether oxygens (including phenoxy) is 1. The van der Waals surface area contributed by atoms with Gasteiger partial charge in [0.05, 0.1) is 18.8 Å². The van der Waals surface area contributed by atoms with Crippen molar-refractivity contribution in [3.05, 3.63) is 71.8 Å². The van der Waals surface area contributed by atoms with Crippen LogP contribution in [-0.2, 0) is 4.79 Å². The number of aliphatic hydroxyl groups is 1. The van der Waals surface area contributed by atoms with E-state index in [-0.39, 0.29) is 17.9 Å². The van der Waals surface area contributed by atoms with Gasteiger partial charge in [-0.25, -0.2) is 0 Å². The first-order valence-corrected chi connectivity index (χ1v) is 10.5. The lowest BCUT2D eigenvalue weighted by atomic mass is 9.66.